The van der Waals surface area contributed by atoms with Crippen molar-refractivity contribution in [2.45, 2.75) is 12.8 Å². The van der Waals surface area contributed by atoms with Crippen LogP contribution in [0.15, 0.2) is 60.9 Å². The number of para-hydroxylation sites is 2. The molecule has 0 atom stereocenters. The van der Waals surface area contributed by atoms with Crippen LogP contribution in [-0.4, -0.2) is 34.5 Å². The van der Waals surface area contributed by atoms with E-state index in [9.17, 15) is 4.79 Å². The maximum atomic E-state index is 11.9. The van der Waals surface area contributed by atoms with Gasteiger partial charge in [0.25, 0.3) is 0 Å². The van der Waals surface area contributed by atoms with Crippen molar-refractivity contribution >= 4 is 5.97 Å². The monoisotopic (exact) mass is 349 g/mol. The predicted octanol–water partition coefficient (Wildman–Crippen LogP) is 3.27. The van der Waals surface area contributed by atoms with Gasteiger partial charge in [-0.3, -0.25) is 9.36 Å². The lowest BCUT2D eigenvalue weighted by Gasteiger charge is -2.16. The molecule has 3 aromatic rings. The van der Waals surface area contributed by atoms with Gasteiger partial charge < -0.3 is 9.47 Å². The first-order chi connectivity index (χ1) is 12.7. The molecule has 2 aromatic carbocycles. The van der Waals surface area contributed by atoms with E-state index in [1.165, 1.54) is 7.11 Å². The lowest BCUT2D eigenvalue weighted by Crippen LogP contribution is -2.24. The minimum Gasteiger partial charge on any atom is -0.492 e. The summed E-state index contributed by atoms with van der Waals surface area (Å²) >= 11 is 0. The third-order valence-electron chi connectivity index (χ3n) is 4.69. The van der Waals surface area contributed by atoms with Crippen molar-refractivity contribution in [3.63, 3.8) is 0 Å². The molecule has 0 radical (unpaired) electrons. The topological polar surface area (TPSA) is 66.2 Å². The van der Waals surface area contributed by atoms with Crippen LogP contribution in [0.2, 0.25) is 0 Å². The van der Waals surface area contributed by atoms with Gasteiger partial charge in [-0.05, 0) is 37.1 Å². The molecule has 1 aliphatic rings. The minimum atomic E-state index is -0.505. The molecular formula is C20H19N3O3. The number of nitrogens with zero attached hydrogens (tertiary/aromatic N) is 3. The number of rotatable bonds is 6. The van der Waals surface area contributed by atoms with Crippen molar-refractivity contribution < 1.29 is 14.3 Å². The number of carbonyl (C=O) groups is 1. The Hall–Kier alpha value is -3.15. The molecule has 1 aromatic heterocycles. The zero-order chi connectivity index (χ0) is 18.0. The normalized spacial score (nSPS) is 14.7. The van der Waals surface area contributed by atoms with Gasteiger partial charge in [-0.15, -0.1) is 10.2 Å². The van der Waals surface area contributed by atoms with Crippen molar-refractivity contribution in [3.8, 4) is 22.8 Å². The first-order valence-corrected chi connectivity index (χ1v) is 8.50. The van der Waals surface area contributed by atoms with E-state index in [2.05, 4.69) is 10.2 Å². The summed E-state index contributed by atoms with van der Waals surface area (Å²) in [7, 11) is 1.42. The zero-order valence-corrected chi connectivity index (χ0v) is 14.5. The molecule has 1 heterocycles. The molecule has 1 aliphatic carbocycles. The number of methoxy groups -OCH3 is 1. The Morgan fingerprint density at radius 3 is 2.58 bits per heavy atom. The molecular weight excluding hydrogens is 330 g/mol. The van der Waals surface area contributed by atoms with Gasteiger partial charge in [0, 0.05) is 5.69 Å². The maximum Gasteiger partial charge on any atom is 0.315 e. The van der Waals surface area contributed by atoms with Crippen LogP contribution in [-0.2, 0) is 9.53 Å². The van der Waals surface area contributed by atoms with Gasteiger partial charge >= 0.3 is 5.97 Å². The number of aromatic nitrogens is 3. The van der Waals surface area contributed by atoms with Crippen LogP contribution in [0.3, 0.4) is 0 Å². The average Bonchev–Trinajstić information content (AvgIpc) is 3.34. The van der Waals surface area contributed by atoms with Crippen molar-refractivity contribution in [1.82, 2.24) is 14.8 Å². The van der Waals surface area contributed by atoms with Crippen molar-refractivity contribution in [1.29, 1.82) is 0 Å². The van der Waals surface area contributed by atoms with E-state index in [4.69, 9.17) is 9.47 Å². The SMILES string of the molecule is COC(=O)C1(COc2ccccc2-c2nncn2-c2ccccc2)CC1. The summed E-state index contributed by atoms with van der Waals surface area (Å²) in [4.78, 5) is 11.9. The fourth-order valence-electron chi connectivity index (χ4n) is 2.96. The van der Waals surface area contributed by atoms with E-state index in [1.807, 2.05) is 59.2 Å². The van der Waals surface area contributed by atoms with E-state index in [0.29, 0.717) is 18.2 Å². The van der Waals surface area contributed by atoms with E-state index >= 15 is 0 Å². The number of hydrogen-bond donors (Lipinski definition) is 0. The molecule has 0 saturated heterocycles. The third-order valence-corrected chi connectivity index (χ3v) is 4.69. The Morgan fingerprint density at radius 1 is 1.12 bits per heavy atom. The quantitative estimate of drug-likeness (QED) is 0.639. The summed E-state index contributed by atoms with van der Waals surface area (Å²) in [5, 5.41) is 8.34. The van der Waals surface area contributed by atoms with Crippen molar-refractivity contribution in [2.24, 2.45) is 5.41 Å². The summed E-state index contributed by atoms with van der Waals surface area (Å²) in [5.74, 6) is 1.16. The standard InChI is InChI=1S/C20H19N3O3/c1-25-19(24)20(11-12-20)13-26-17-10-6-5-9-16(17)18-22-21-14-23(18)15-7-3-2-4-8-15/h2-10,14H,11-13H2,1H3. The first kappa shape index (κ1) is 16.3. The van der Waals surface area contributed by atoms with Gasteiger partial charge in [0.05, 0.1) is 12.7 Å². The van der Waals surface area contributed by atoms with E-state index in [-0.39, 0.29) is 5.97 Å². The summed E-state index contributed by atoms with van der Waals surface area (Å²) in [6.07, 6.45) is 3.27. The zero-order valence-electron chi connectivity index (χ0n) is 14.5. The second-order valence-corrected chi connectivity index (χ2v) is 6.42. The van der Waals surface area contributed by atoms with Crippen LogP contribution in [0.25, 0.3) is 17.1 Å². The number of hydrogen-bond acceptors (Lipinski definition) is 5. The molecule has 0 unspecified atom stereocenters. The van der Waals surface area contributed by atoms with Crippen LogP contribution in [0.5, 0.6) is 5.75 Å². The molecule has 26 heavy (non-hydrogen) atoms. The fourth-order valence-corrected chi connectivity index (χ4v) is 2.96. The Bertz CT molecular complexity index is 917. The number of esters is 1. The third kappa shape index (κ3) is 2.94. The lowest BCUT2D eigenvalue weighted by molar-refractivity contribution is -0.148. The average molecular weight is 349 g/mol. The largest absolute Gasteiger partial charge is 0.492 e. The Balaban J connectivity index is 1.64. The van der Waals surface area contributed by atoms with Gasteiger partial charge in [0.1, 0.15) is 24.1 Å². The molecule has 0 aliphatic heterocycles. The van der Waals surface area contributed by atoms with Crippen molar-refractivity contribution in [2.75, 3.05) is 13.7 Å². The van der Waals surface area contributed by atoms with Crippen LogP contribution in [0.1, 0.15) is 12.8 Å². The van der Waals surface area contributed by atoms with Gasteiger partial charge in [-0.2, -0.15) is 0 Å². The Morgan fingerprint density at radius 2 is 1.85 bits per heavy atom. The highest BCUT2D eigenvalue weighted by molar-refractivity contribution is 5.80. The molecule has 6 heteroatoms. The fraction of sp³-hybridized carbons (Fsp3) is 0.250. The molecule has 132 valence electrons. The van der Waals surface area contributed by atoms with Gasteiger partial charge in [0.15, 0.2) is 5.82 Å². The van der Waals surface area contributed by atoms with Crippen LogP contribution in [0.4, 0.5) is 0 Å². The number of carbonyl (C=O) groups excluding carboxylic acids is 1. The molecule has 0 spiro atoms. The molecule has 0 N–H and O–H groups in total. The Labute approximate surface area is 151 Å². The molecule has 1 fully saturated rings. The highest BCUT2D eigenvalue weighted by Crippen LogP contribution is 2.47. The molecule has 6 nitrogen and oxygen atoms in total. The van der Waals surface area contributed by atoms with Gasteiger partial charge in [-0.1, -0.05) is 30.3 Å². The smallest absolute Gasteiger partial charge is 0.315 e. The van der Waals surface area contributed by atoms with Gasteiger partial charge in [0.2, 0.25) is 0 Å². The molecule has 4 rings (SSSR count). The molecule has 1 saturated carbocycles. The highest BCUT2D eigenvalue weighted by Gasteiger charge is 2.52. The van der Waals surface area contributed by atoms with E-state index < -0.39 is 5.41 Å². The number of ether oxygens (including phenoxy) is 2. The van der Waals surface area contributed by atoms with Crippen molar-refractivity contribution in [3.05, 3.63) is 60.9 Å². The highest BCUT2D eigenvalue weighted by atomic mass is 16.5. The number of benzene rings is 2. The molecule has 0 bridgehead atoms. The second kappa shape index (κ2) is 6.63. The summed E-state index contributed by atoms with van der Waals surface area (Å²) < 4.78 is 12.8. The summed E-state index contributed by atoms with van der Waals surface area (Å²) in [5.41, 5.74) is 1.29. The summed E-state index contributed by atoms with van der Waals surface area (Å²) in [6, 6.07) is 17.5. The van der Waals surface area contributed by atoms with E-state index in [1.54, 1.807) is 6.33 Å². The van der Waals surface area contributed by atoms with Crippen LogP contribution < -0.4 is 4.74 Å². The Kier molecular flexibility index (Phi) is 4.16. The van der Waals surface area contributed by atoms with E-state index in [0.717, 1.165) is 24.1 Å². The minimum absolute atomic E-state index is 0.206. The van der Waals surface area contributed by atoms with Crippen LogP contribution in [0, 0.1) is 5.41 Å². The van der Waals surface area contributed by atoms with Gasteiger partial charge in [-0.25, -0.2) is 0 Å². The second-order valence-electron chi connectivity index (χ2n) is 6.42. The first-order valence-electron chi connectivity index (χ1n) is 8.50. The maximum absolute atomic E-state index is 11.9. The van der Waals surface area contributed by atoms with Crippen LogP contribution >= 0.6 is 0 Å². The molecule has 0 amide bonds. The predicted molar refractivity (Wildman–Crippen MR) is 96.0 cm³/mol. The summed E-state index contributed by atoms with van der Waals surface area (Å²) in [6.45, 7) is 0.302. The lowest BCUT2D eigenvalue weighted by atomic mass is 10.1.